The predicted molar refractivity (Wildman–Crippen MR) is 116 cm³/mol. The molecule has 1 saturated heterocycles. The number of imidazole rings is 1. The highest BCUT2D eigenvalue weighted by Crippen LogP contribution is 2.49. The van der Waals surface area contributed by atoms with Crippen molar-refractivity contribution in [2.45, 2.75) is 45.4 Å². The van der Waals surface area contributed by atoms with E-state index in [-0.39, 0.29) is 0 Å². The van der Waals surface area contributed by atoms with Crippen LogP contribution < -0.4 is 9.64 Å². The SMILES string of the molecule is CC(C)c1ncc(N2CCC(C3CC3CCOc3ccc(-n4cnnn4)cn3)CC2)[nH]1. The molecule has 2 unspecified atom stereocenters. The Balaban J connectivity index is 1.03. The lowest BCUT2D eigenvalue weighted by atomic mass is 9.90. The topological polar surface area (TPSA) is 97.6 Å². The molecule has 9 nitrogen and oxygen atoms in total. The Morgan fingerprint density at radius 1 is 1.16 bits per heavy atom. The van der Waals surface area contributed by atoms with Gasteiger partial charge in [-0.3, -0.25) is 0 Å². The summed E-state index contributed by atoms with van der Waals surface area (Å²) in [7, 11) is 0. The summed E-state index contributed by atoms with van der Waals surface area (Å²) >= 11 is 0. The summed E-state index contributed by atoms with van der Waals surface area (Å²) in [5.74, 6) is 5.89. The van der Waals surface area contributed by atoms with E-state index in [1.54, 1.807) is 17.2 Å². The first-order chi connectivity index (χ1) is 15.2. The minimum Gasteiger partial charge on any atom is -0.478 e. The number of nitrogens with zero attached hydrogens (tertiary/aromatic N) is 7. The number of anilines is 1. The Kier molecular flexibility index (Phi) is 5.57. The molecular weight excluding hydrogens is 392 g/mol. The molecular formula is C22H30N8O. The quantitative estimate of drug-likeness (QED) is 0.595. The third-order valence-corrected chi connectivity index (χ3v) is 6.66. The minimum atomic E-state index is 0.444. The van der Waals surface area contributed by atoms with Crippen molar-refractivity contribution in [3.8, 4) is 11.6 Å². The van der Waals surface area contributed by atoms with Gasteiger partial charge in [0.05, 0.1) is 24.7 Å². The Morgan fingerprint density at radius 2 is 2.03 bits per heavy atom. The van der Waals surface area contributed by atoms with Gasteiger partial charge in [-0.2, -0.15) is 4.68 Å². The number of tetrazole rings is 1. The van der Waals surface area contributed by atoms with Gasteiger partial charge in [-0.25, -0.2) is 9.97 Å². The summed E-state index contributed by atoms with van der Waals surface area (Å²) in [5, 5.41) is 11.1. The molecule has 1 saturated carbocycles. The fraction of sp³-hybridized carbons (Fsp3) is 0.591. The predicted octanol–water partition coefficient (Wildman–Crippen LogP) is 3.23. The van der Waals surface area contributed by atoms with Gasteiger partial charge in [0, 0.05) is 25.1 Å². The highest BCUT2D eigenvalue weighted by atomic mass is 16.5. The Morgan fingerprint density at radius 3 is 2.71 bits per heavy atom. The van der Waals surface area contributed by atoms with Crippen molar-refractivity contribution in [3.63, 3.8) is 0 Å². The molecule has 2 aliphatic rings. The number of hydrogen-bond donors (Lipinski definition) is 1. The van der Waals surface area contributed by atoms with Gasteiger partial charge in [-0.1, -0.05) is 13.8 Å². The van der Waals surface area contributed by atoms with Gasteiger partial charge >= 0.3 is 0 Å². The second kappa shape index (κ2) is 8.64. The molecule has 31 heavy (non-hydrogen) atoms. The Labute approximate surface area is 182 Å². The summed E-state index contributed by atoms with van der Waals surface area (Å²) in [6, 6.07) is 3.79. The third kappa shape index (κ3) is 4.55. The van der Waals surface area contributed by atoms with Crippen molar-refractivity contribution in [3.05, 3.63) is 36.7 Å². The number of aromatic nitrogens is 7. The molecule has 2 fully saturated rings. The number of aromatic amines is 1. The first-order valence-corrected chi connectivity index (χ1v) is 11.3. The summed E-state index contributed by atoms with van der Waals surface area (Å²) < 4.78 is 7.45. The molecule has 9 heteroatoms. The first kappa shape index (κ1) is 20.0. The maximum atomic E-state index is 5.87. The smallest absolute Gasteiger partial charge is 0.213 e. The number of pyridine rings is 1. The van der Waals surface area contributed by atoms with Crippen molar-refractivity contribution >= 4 is 5.82 Å². The lowest BCUT2D eigenvalue weighted by Gasteiger charge is -2.32. The van der Waals surface area contributed by atoms with Crippen molar-refractivity contribution in [2.24, 2.45) is 17.8 Å². The van der Waals surface area contributed by atoms with Crippen LogP contribution in [-0.4, -0.2) is 54.9 Å². The molecule has 1 aliphatic carbocycles. The highest BCUT2D eigenvalue weighted by Gasteiger charge is 2.43. The van der Waals surface area contributed by atoms with Crippen LogP contribution in [0, 0.1) is 17.8 Å². The van der Waals surface area contributed by atoms with E-state index < -0.39 is 0 Å². The molecule has 5 rings (SSSR count). The molecule has 164 valence electrons. The zero-order chi connectivity index (χ0) is 21.2. The molecule has 4 heterocycles. The van der Waals surface area contributed by atoms with Crippen LogP contribution in [0.1, 0.15) is 51.3 Å². The van der Waals surface area contributed by atoms with Crippen molar-refractivity contribution in [1.82, 2.24) is 35.2 Å². The van der Waals surface area contributed by atoms with Crippen molar-refractivity contribution in [2.75, 3.05) is 24.6 Å². The van der Waals surface area contributed by atoms with E-state index in [4.69, 9.17) is 4.74 Å². The lowest BCUT2D eigenvalue weighted by molar-refractivity contribution is 0.276. The van der Waals surface area contributed by atoms with Crippen molar-refractivity contribution in [1.29, 1.82) is 0 Å². The number of ether oxygens (including phenoxy) is 1. The molecule has 1 N–H and O–H groups in total. The van der Waals surface area contributed by atoms with Gasteiger partial charge in [0.25, 0.3) is 0 Å². The largest absolute Gasteiger partial charge is 0.478 e. The van der Waals surface area contributed by atoms with E-state index >= 15 is 0 Å². The van der Waals surface area contributed by atoms with E-state index in [2.05, 4.69) is 49.2 Å². The second-order valence-corrected chi connectivity index (χ2v) is 9.04. The van der Waals surface area contributed by atoms with Crippen LogP contribution in [0.2, 0.25) is 0 Å². The molecule has 3 aromatic heterocycles. The van der Waals surface area contributed by atoms with Gasteiger partial charge in [0.1, 0.15) is 18.0 Å². The minimum absolute atomic E-state index is 0.444. The van der Waals surface area contributed by atoms with E-state index in [0.29, 0.717) is 11.8 Å². The van der Waals surface area contributed by atoms with Crippen LogP contribution in [0.3, 0.4) is 0 Å². The summed E-state index contributed by atoms with van der Waals surface area (Å²) in [5.41, 5.74) is 0.821. The van der Waals surface area contributed by atoms with Crippen LogP contribution in [0.4, 0.5) is 5.82 Å². The molecule has 0 aromatic carbocycles. The first-order valence-electron chi connectivity index (χ1n) is 11.3. The fourth-order valence-electron chi connectivity index (χ4n) is 4.72. The van der Waals surface area contributed by atoms with Gasteiger partial charge in [-0.05, 0) is 59.9 Å². The number of H-pyrrole nitrogens is 1. The molecule has 0 amide bonds. The average molecular weight is 423 g/mol. The second-order valence-electron chi connectivity index (χ2n) is 9.04. The van der Waals surface area contributed by atoms with Crippen LogP contribution in [0.5, 0.6) is 5.88 Å². The summed E-state index contributed by atoms with van der Waals surface area (Å²) in [6.07, 6.45) is 10.3. The number of hydrogen-bond acceptors (Lipinski definition) is 7. The van der Waals surface area contributed by atoms with Crippen LogP contribution in [0.25, 0.3) is 5.69 Å². The molecule has 0 radical (unpaired) electrons. The van der Waals surface area contributed by atoms with Crippen LogP contribution in [-0.2, 0) is 0 Å². The summed E-state index contributed by atoms with van der Waals surface area (Å²) in [4.78, 5) is 14.8. The van der Waals surface area contributed by atoms with Gasteiger partial charge in [0.2, 0.25) is 5.88 Å². The fourth-order valence-corrected chi connectivity index (χ4v) is 4.72. The normalized spacial score (nSPS) is 21.6. The average Bonchev–Trinajstić information content (AvgIpc) is 3.19. The number of piperidine rings is 1. The number of rotatable bonds is 8. The van der Waals surface area contributed by atoms with Crippen LogP contribution in [0.15, 0.2) is 30.9 Å². The van der Waals surface area contributed by atoms with Crippen LogP contribution >= 0.6 is 0 Å². The summed E-state index contributed by atoms with van der Waals surface area (Å²) in [6.45, 7) is 7.33. The van der Waals surface area contributed by atoms with Gasteiger partial charge in [-0.15, -0.1) is 5.10 Å². The zero-order valence-corrected chi connectivity index (χ0v) is 18.2. The van der Waals surface area contributed by atoms with Crippen molar-refractivity contribution < 1.29 is 4.74 Å². The van der Waals surface area contributed by atoms with E-state index in [1.165, 1.54) is 25.1 Å². The van der Waals surface area contributed by atoms with E-state index in [0.717, 1.165) is 55.4 Å². The molecule has 2 atom stereocenters. The van der Waals surface area contributed by atoms with Gasteiger partial charge in [0.15, 0.2) is 0 Å². The van der Waals surface area contributed by atoms with Gasteiger partial charge < -0.3 is 14.6 Å². The monoisotopic (exact) mass is 422 g/mol. The molecule has 0 spiro atoms. The molecule has 0 bridgehead atoms. The number of nitrogens with one attached hydrogen (secondary N) is 1. The maximum Gasteiger partial charge on any atom is 0.213 e. The standard InChI is InChI=1S/C22H30N8O/c1-15(2)22-24-13-20(26-22)29-8-5-16(6-9-29)19-11-17(19)7-10-31-21-4-3-18(12-23-21)30-14-25-27-28-30/h3-4,12-17,19H,5-11H2,1-2H3,(H,24,26). The lowest BCUT2D eigenvalue weighted by Crippen LogP contribution is -2.34. The molecule has 3 aromatic rings. The maximum absolute atomic E-state index is 5.87. The Hall–Kier alpha value is -2.97. The Bertz CT molecular complexity index is 960. The zero-order valence-electron chi connectivity index (χ0n) is 18.2. The van der Waals surface area contributed by atoms with E-state index in [1.807, 2.05) is 18.3 Å². The molecule has 1 aliphatic heterocycles. The van der Waals surface area contributed by atoms with E-state index in [9.17, 15) is 0 Å². The third-order valence-electron chi connectivity index (χ3n) is 6.66. The highest BCUT2D eigenvalue weighted by molar-refractivity contribution is 5.38.